The van der Waals surface area contributed by atoms with Gasteiger partial charge in [0.1, 0.15) is 12.4 Å². The second kappa shape index (κ2) is 9.87. The Kier molecular flexibility index (Phi) is 6.45. The van der Waals surface area contributed by atoms with Crippen molar-refractivity contribution in [1.82, 2.24) is 24.7 Å². The first-order valence-electron chi connectivity index (χ1n) is 11.5. The summed E-state index contributed by atoms with van der Waals surface area (Å²) in [6.45, 7) is 1.38. The lowest BCUT2D eigenvalue weighted by atomic mass is 10.0. The second-order valence-electron chi connectivity index (χ2n) is 8.51. The van der Waals surface area contributed by atoms with Crippen molar-refractivity contribution in [3.63, 3.8) is 0 Å². The van der Waals surface area contributed by atoms with Crippen LogP contribution in [-0.2, 0) is 6.18 Å². The summed E-state index contributed by atoms with van der Waals surface area (Å²) in [6, 6.07) is 16.1. The van der Waals surface area contributed by atoms with Crippen LogP contribution in [0.3, 0.4) is 0 Å². The van der Waals surface area contributed by atoms with E-state index in [9.17, 15) is 23.5 Å². The molecule has 37 heavy (non-hydrogen) atoms. The van der Waals surface area contributed by atoms with Crippen LogP contribution >= 0.6 is 0 Å². The Morgan fingerprint density at radius 1 is 1.03 bits per heavy atom. The van der Waals surface area contributed by atoms with Gasteiger partial charge >= 0.3 is 6.18 Å². The lowest BCUT2D eigenvalue weighted by molar-refractivity contribution is -0.144. The molecule has 0 spiro atoms. The minimum absolute atomic E-state index is 0.297. The maximum absolute atomic E-state index is 12.8. The van der Waals surface area contributed by atoms with E-state index in [1.807, 2.05) is 12.1 Å². The molecule has 1 aliphatic heterocycles. The summed E-state index contributed by atoms with van der Waals surface area (Å²) >= 11 is 0. The Bertz CT molecular complexity index is 1440. The SMILES string of the molecule is N#Cc1cc(-c2ccnc(Nc3ccc(-n4cnc(C(F)(F)F)n4)cc3)n2)ccc1N1CCC(O)CC1. The lowest BCUT2D eigenvalue weighted by Gasteiger charge is -2.32. The van der Waals surface area contributed by atoms with Gasteiger partial charge in [-0.3, -0.25) is 0 Å². The smallest absolute Gasteiger partial charge is 0.393 e. The van der Waals surface area contributed by atoms with Gasteiger partial charge < -0.3 is 15.3 Å². The molecule has 2 aromatic carbocycles. The van der Waals surface area contributed by atoms with E-state index in [1.54, 1.807) is 42.6 Å². The van der Waals surface area contributed by atoms with Crippen LogP contribution < -0.4 is 10.2 Å². The van der Waals surface area contributed by atoms with Gasteiger partial charge in [0, 0.05) is 30.5 Å². The number of nitriles is 1. The molecule has 12 heteroatoms. The van der Waals surface area contributed by atoms with Crippen molar-refractivity contribution < 1.29 is 18.3 Å². The number of hydrogen-bond acceptors (Lipinski definition) is 8. The third-order valence-corrected chi connectivity index (χ3v) is 6.01. The van der Waals surface area contributed by atoms with Gasteiger partial charge in [-0.15, -0.1) is 5.10 Å². The largest absolute Gasteiger partial charge is 0.453 e. The maximum atomic E-state index is 12.8. The molecule has 188 valence electrons. The molecule has 2 aromatic heterocycles. The van der Waals surface area contributed by atoms with Crippen LogP contribution in [0.1, 0.15) is 24.2 Å². The van der Waals surface area contributed by atoms with Crippen LogP contribution in [0.2, 0.25) is 0 Å². The number of aliphatic hydroxyl groups is 1. The van der Waals surface area contributed by atoms with Gasteiger partial charge in [-0.1, -0.05) is 6.07 Å². The van der Waals surface area contributed by atoms with E-state index in [4.69, 9.17) is 0 Å². The minimum atomic E-state index is -4.61. The number of rotatable bonds is 5. The van der Waals surface area contributed by atoms with Crippen LogP contribution in [0.15, 0.2) is 61.1 Å². The summed E-state index contributed by atoms with van der Waals surface area (Å²) in [5.74, 6) is -0.889. The van der Waals surface area contributed by atoms with Crippen LogP contribution in [0.5, 0.6) is 0 Å². The van der Waals surface area contributed by atoms with Crippen molar-refractivity contribution in [3.05, 3.63) is 72.4 Å². The number of benzene rings is 2. The van der Waals surface area contributed by atoms with Gasteiger partial charge in [-0.25, -0.2) is 19.6 Å². The molecule has 0 bridgehead atoms. The number of piperidine rings is 1. The first-order valence-corrected chi connectivity index (χ1v) is 11.5. The standard InChI is InChI=1S/C25H21F3N8O/c26-25(27,28)23-31-15-36(34-23)19-4-2-18(3-5-19)32-24-30-10-7-21(33-24)16-1-6-22(17(13-16)14-29)35-11-8-20(37)9-12-35/h1-7,10,13,15,20,37H,8-9,11-12H2,(H,30,32,33). The normalized spacial score (nSPS) is 14.4. The third kappa shape index (κ3) is 5.36. The molecule has 1 aliphatic rings. The molecule has 5 rings (SSSR count). The fraction of sp³-hybridized carbons (Fsp3) is 0.240. The number of halogens is 3. The topological polar surface area (TPSA) is 116 Å². The highest BCUT2D eigenvalue weighted by molar-refractivity contribution is 5.70. The van der Waals surface area contributed by atoms with E-state index in [0.29, 0.717) is 54.5 Å². The molecule has 1 fully saturated rings. The first kappa shape index (κ1) is 24.2. The number of anilines is 3. The molecule has 0 unspecified atom stereocenters. The van der Waals surface area contributed by atoms with E-state index in [0.717, 1.165) is 22.3 Å². The average Bonchev–Trinajstić information content (AvgIpc) is 3.41. The van der Waals surface area contributed by atoms with Gasteiger partial charge in [-0.05, 0) is 55.3 Å². The summed E-state index contributed by atoms with van der Waals surface area (Å²) in [5, 5.41) is 26.0. The fourth-order valence-corrected chi connectivity index (χ4v) is 4.09. The fourth-order valence-electron chi connectivity index (χ4n) is 4.09. The number of nitrogens with one attached hydrogen (secondary N) is 1. The van der Waals surface area contributed by atoms with Gasteiger partial charge in [0.2, 0.25) is 5.95 Å². The van der Waals surface area contributed by atoms with Crippen molar-refractivity contribution in [3.8, 4) is 23.0 Å². The molecule has 3 heterocycles. The van der Waals surface area contributed by atoms with Crippen molar-refractivity contribution in [2.75, 3.05) is 23.3 Å². The number of aromatic nitrogens is 5. The summed E-state index contributed by atoms with van der Waals surface area (Å²) in [7, 11) is 0. The van der Waals surface area contributed by atoms with Crippen LogP contribution in [0, 0.1) is 11.3 Å². The van der Waals surface area contributed by atoms with E-state index < -0.39 is 12.0 Å². The average molecular weight is 506 g/mol. The molecule has 0 radical (unpaired) electrons. The first-order chi connectivity index (χ1) is 17.8. The number of alkyl halides is 3. The van der Waals surface area contributed by atoms with Crippen LogP contribution in [0.4, 0.5) is 30.5 Å². The number of hydrogen-bond donors (Lipinski definition) is 2. The summed E-state index contributed by atoms with van der Waals surface area (Å²) in [5.41, 5.74) is 3.77. The molecular weight excluding hydrogens is 485 g/mol. The molecule has 9 nitrogen and oxygen atoms in total. The Labute approximate surface area is 209 Å². The molecule has 0 aliphatic carbocycles. The maximum Gasteiger partial charge on any atom is 0.453 e. The molecule has 2 N–H and O–H groups in total. The Morgan fingerprint density at radius 2 is 1.78 bits per heavy atom. The van der Waals surface area contributed by atoms with Crippen molar-refractivity contribution in [2.45, 2.75) is 25.1 Å². The minimum Gasteiger partial charge on any atom is -0.393 e. The molecule has 0 amide bonds. The quantitative estimate of drug-likeness (QED) is 0.411. The summed E-state index contributed by atoms with van der Waals surface area (Å²) in [4.78, 5) is 14.2. The van der Waals surface area contributed by atoms with E-state index in [-0.39, 0.29) is 6.10 Å². The van der Waals surface area contributed by atoms with E-state index >= 15 is 0 Å². The van der Waals surface area contributed by atoms with Gasteiger partial charge in [0.25, 0.3) is 5.82 Å². The molecule has 1 saturated heterocycles. The summed E-state index contributed by atoms with van der Waals surface area (Å²) < 4.78 is 39.3. The zero-order valence-corrected chi connectivity index (χ0v) is 19.4. The van der Waals surface area contributed by atoms with Gasteiger partial charge in [0.15, 0.2) is 0 Å². The Hall–Kier alpha value is -4.50. The Balaban J connectivity index is 1.32. The molecule has 0 saturated carbocycles. The summed E-state index contributed by atoms with van der Waals surface area (Å²) in [6.07, 6.45) is -0.967. The highest BCUT2D eigenvalue weighted by Crippen LogP contribution is 2.29. The van der Waals surface area contributed by atoms with E-state index in [1.165, 1.54) is 0 Å². The van der Waals surface area contributed by atoms with Crippen molar-refractivity contribution in [2.24, 2.45) is 0 Å². The van der Waals surface area contributed by atoms with Gasteiger partial charge in [-0.2, -0.15) is 18.4 Å². The third-order valence-electron chi connectivity index (χ3n) is 6.01. The van der Waals surface area contributed by atoms with Gasteiger partial charge in [0.05, 0.1) is 28.7 Å². The molecule has 0 atom stereocenters. The monoisotopic (exact) mass is 506 g/mol. The number of aliphatic hydroxyl groups excluding tert-OH is 1. The lowest BCUT2D eigenvalue weighted by Crippen LogP contribution is -2.36. The second-order valence-corrected chi connectivity index (χ2v) is 8.51. The van der Waals surface area contributed by atoms with E-state index in [2.05, 4.69) is 36.3 Å². The predicted octanol–water partition coefficient (Wildman–Crippen LogP) is 4.32. The zero-order chi connectivity index (χ0) is 26.0. The predicted molar refractivity (Wildman–Crippen MR) is 129 cm³/mol. The van der Waals surface area contributed by atoms with Crippen LogP contribution in [0.25, 0.3) is 16.9 Å². The Morgan fingerprint density at radius 3 is 2.46 bits per heavy atom. The molecular formula is C25H21F3N8O. The molecule has 4 aromatic rings. The zero-order valence-electron chi connectivity index (χ0n) is 19.4. The number of nitrogens with zero attached hydrogens (tertiary/aromatic N) is 7. The highest BCUT2D eigenvalue weighted by atomic mass is 19.4. The van der Waals surface area contributed by atoms with Crippen molar-refractivity contribution >= 4 is 17.3 Å². The highest BCUT2D eigenvalue weighted by Gasteiger charge is 2.35. The van der Waals surface area contributed by atoms with Crippen LogP contribution in [-0.4, -0.2) is 49.0 Å². The van der Waals surface area contributed by atoms with Crippen molar-refractivity contribution in [1.29, 1.82) is 5.26 Å².